The lowest BCUT2D eigenvalue weighted by Crippen LogP contribution is -2.30. The predicted octanol–water partition coefficient (Wildman–Crippen LogP) is 2.44. The summed E-state index contributed by atoms with van der Waals surface area (Å²) in [7, 11) is 0. The lowest BCUT2D eigenvalue weighted by Gasteiger charge is -2.14. The minimum Gasteiger partial charge on any atom is -0.305 e. The summed E-state index contributed by atoms with van der Waals surface area (Å²) in [6, 6.07) is 3.57. The molecule has 3 heterocycles. The van der Waals surface area contributed by atoms with E-state index in [1.165, 1.54) is 4.90 Å². The van der Waals surface area contributed by atoms with Crippen LogP contribution in [-0.4, -0.2) is 26.1 Å². The van der Waals surface area contributed by atoms with E-state index in [1.54, 1.807) is 16.7 Å². The molecule has 1 saturated heterocycles. The van der Waals surface area contributed by atoms with Gasteiger partial charge in [0.25, 0.3) is 0 Å². The van der Waals surface area contributed by atoms with E-state index >= 15 is 0 Å². The summed E-state index contributed by atoms with van der Waals surface area (Å²) in [4.78, 5) is 30.7. The fourth-order valence-corrected chi connectivity index (χ4v) is 3.45. The Morgan fingerprint density at radius 2 is 1.77 bits per heavy atom. The van der Waals surface area contributed by atoms with E-state index in [9.17, 15) is 9.59 Å². The lowest BCUT2D eigenvalue weighted by atomic mass is 9.85. The second kappa shape index (κ2) is 4.95. The number of amides is 2. The SMILES string of the molecule is O=C1[C@H]2CC=CC[C@@H]2C(=O)N1Cc1cn2cc(Cl)ccc2n1. The highest BCUT2D eigenvalue weighted by molar-refractivity contribution is 6.30. The Kier molecular flexibility index (Phi) is 3.04. The lowest BCUT2D eigenvalue weighted by molar-refractivity contribution is -0.140. The molecule has 1 aliphatic carbocycles. The molecule has 0 spiro atoms. The van der Waals surface area contributed by atoms with Gasteiger partial charge >= 0.3 is 0 Å². The van der Waals surface area contributed by atoms with E-state index in [4.69, 9.17) is 11.6 Å². The molecular formula is C16H14ClN3O2. The number of rotatable bonds is 2. The van der Waals surface area contributed by atoms with Crippen LogP contribution in [0.3, 0.4) is 0 Å². The molecule has 22 heavy (non-hydrogen) atoms. The number of nitrogens with zero attached hydrogens (tertiary/aromatic N) is 3. The van der Waals surface area contributed by atoms with E-state index in [0.29, 0.717) is 23.6 Å². The van der Waals surface area contributed by atoms with Gasteiger partial charge in [0.15, 0.2) is 0 Å². The normalized spacial score (nSPS) is 24.3. The predicted molar refractivity (Wildman–Crippen MR) is 81.1 cm³/mol. The first-order chi connectivity index (χ1) is 10.6. The van der Waals surface area contributed by atoms with Gasteiger partial charge in [-0.1, -0.05) is 23.8 Å². The van der Waals surface area contributed by atoms with Crippen LogP contribution in [0.15, 0.2) is 36.7 Å². The molecule has 0 N–H and O–H groups in total. The number of imidazole rings is 1. The highest BCUT2D eigenvalue weighted by Crippen LogP contribution is 2.35. The summed E-state index contributed by atoms with van der Waals surface area (Å²) < 4.78 is 1.80. The number of hydrogen-bond acceptors (Lipinski definition) is 3. The Morgan fingerprint density at radius 3 is 2.45 bits per heavy atom. The maximum absolute atomic E-state index is 12.4. The van der Waals surface area contributed by atoms with Gasteiger partial charge in [-0.2, -0.15) is 0 Å². The number of imide groups is 1. The van der Waals surface area contributed by atoms with Crippen LogP contribution in [0, 0.1) is 11.8 Å². The topological polar surface area (TPSA) is 54.7 Å². The van der Waals surface area contributed by atoms with Crippen molar-refractivity contribution >= 4 is 29.1 Å². The number of hydrogen-bond donors (Lipinski definition) is 0. The summed E-state index contributed by atoms with van der Waals surface area (Å²) >= 11 is 5.95. The number of pyridine rings is 1. The number of allylic oxidation sites excluding steroid dienone is 2. The largest absolute Gasteiger partial charge is 0.305 e. The zero-order valence-electron chi connectivity index (χ0n) is 11.8. The number of fused-ring (bicyclic) bond motifs is 2. The van der Waals surface area contributed by atoms with Crippen LogP contribution in [0.4, 0.5) is 0 Å². The van der Waals surface area contributed by atoms with Crippen molar-refractivity contribution in [1.82, 2.24) is 14.3 Å². The molecule has 2 aromatic heterocycles. The van der Waals surface area contributed by atoms with Crippen LogP contribution < -0.4 is 0 Å². The van der Waals surface area contributed by atoms with E-state index in [2.05, 4.69) is 4.98 Å². The van der Waals surface area contributed by atoms with Gasteiger partial charge in [-0.15, -0.1) is 0 Å². The molecule has 4 rings (SSSR count). The molecule has 2 atom stereocenters. The first-order valence-electron chi connectivity index (χ1n) is 7.27. The average molecular weight is 316 g/mol. The summed E-state index contributed by atoms with van der Waals surface area (Å²) in [5, 5.41) is 0.613. The van der Waals surface area contributed by atoms with Crippen LogP contribution in [0.2, 0.25) is 5.02 Å². The number of carbonyl (C=O) groups is 2. The summed E-state index contributed by atoms with van der Waals surface area (Å²) in [5.74, 6) is -0.531. The molecule has 2 aromatic rings. The smallest absolute Gasteiger partial charge is 0.233 e. The van der Waals surface area contributed by atoms with Gasteiger partial charge in [0.1, 0.15) is 5.65 Å². The fraction of sp³-hybridized carbons (Fsp3) is 0.312. The van der Waals surface area contributed by atoms with E-state index in [1.807, 2.05) is 24.4 Å². The quantitative estimate of drug-likeness (QED) is 0.632. The molecule has 5 nitrogen and oxygen atoms in total. The van der Waals surface area contributed by atoms with E-state index < -0.39 is 0 Å². The molecular weight excluding hydrogens is 302 g/mol. The van der Waals surface area contributed by atoms with Gasteiger partial charge in [0.05, 0.1) is 29.1 Å². The molecule has 6 heteroatoms. The van der Waals surface area contributed by atoms with Crippen molar-refractivity contribution in [2.45, 2.75) is 19.4 Å². The number of carbonyl (C=O) groups excluding carboxylic acids is 2. The molecule has 0 radical (unpaired) electrons. The van der Waals surface area contributed by atoms with Crippen molar-refractivity contribution in [1.29, 1.82) is 0 Å². The number of halogens is 1. The summed E-state index contributed by atoms with van der Waals surface area (Å²) in [5.41, 5.74) is 1.44. The Balaban J connectivity index is 1.62. The highest BCUT2D eigenvalue weighted by Gasteiger charge is 2.47. The highest BCUT2D eigenvalue weighted by atomic mass is 35.5. The van der Waals surface area contributed by atoms with Crippen molar-refractivity contribution < 1.29 is 9.59 Å². The third-order valence-electron chi connectivity index (χ3n) is 4.38. The van der Waals surface area contributed by atoms with Gasteiger partial charge in [-0.3, -0.25) is 14.5 Å². The standard InChI is InChI=1S/C16H14ClN3O2/c17-10-5-6-14-18-11(8-19(14)7-10)9-20-15(21)12-3-1-2-4-13(12)16(20)22/h1-2,5-8,12-13H,3-4,9H2/t12-,13-/m0/s1. The van der Waals surface area contributed by atoms with Gasteiger partial charge in [0, 0.05) is 12.4 Å². The maximum atomic E-state index is 12.4. The zero-order chi connectivity index (χ0) is 15.3. The first-order valence-corrected chi connectivity index (χ1v) is 7.64. The number of likely N-dealkylation sites (tertiary alicyclic amines) is 1. The summed E-state index contributed by atoms with van der Waals surface area (Å²) in [6.45, 7) is 0.226. The molecule has 1 fully saturated rings. The average Bonchev–Trinajstić information content (AvgIpc) is 3.02. The molecule has 0 aromatic carbocycles. The van der Waals surface area contributed by atoms with Crippen molar-refractivity contribution in [3.05, 3.63) is 47.4 Å². The van der Waals surface area contributed by atoms with Gasteiger partial charge < -0.3 is 4.40 Å². The molecule has 0 bridgehead atoms. The van der Waals surface area contributed by atoms with Crippen molar-refractivity contribution in [2.24, 2.45) is 11.8 Å². The summed E-state index contributed by atoms with van der Waals surface area (Å²) in [6.07, 6.45) is 8.86. The minimum atomic E-state index is -0.191. The second-order valence-corrected chi connectivity index (χ2v) is 6.20. The molecule has 2 amide bonds. The van der Waals surface area contributed by atoms with Gasteiger partial charge in [0.2, 0.25) is 11.8 Å². The van der Waals surface area contributed by atoms with Gasteiger partial charge in [-0.05, 0) is 25.0 Å². The third kappa shape index (κ3) is 2.04. The Hall–Kier alpha value is -2.14. The Labute approximate surface area is 132 Å². The maximum Gasteiger partial charge on any atom is 0.233 e. The van der Waals surface area contributed by atoms with Crippen LogP contribution in [0.5, 0.6) is 0 Å². The monoisotopic (exact) mass is 315 g/mol. The molecule has 0 saturated carbocycles. The fourth-order valence-electron chi connectivity index (χ4n) is 3.28. The Bertz CT molecular complexity index is 785. The molecule has 1 aliphatic heterocycles. The van der Waals surface area contributed by atoms with E-state index in [0.717, 1.165) is 5.65 Å². The third-order valence-corrected chi connectivity index (χ3v) is 4.61. The Morgan fingerprint density at radius 1 is 1.09 bits per heavy atom. The van der Waals surface area contributed by atoms with Crippen molar-refractivity contribution in [3.8, 4) is 0 Å². The zero-order valence-corrected chi connectivity index (χ0v) is 12.5. The molecule has 2 aliphatic rings. The minimum absolute atomic E-state index is 0.0746. The van der Waals surface area contributed by atoms with Crippen LogP contribution >= 0.6 is 11.6 Å². The molecule has 0 unspecified atom stereocenters. The first kappa shape index (κ1) is 13.5. The van der Waals surface area contributed by atoms with E-state index in [-0.39, 0.29) is 30.2 Å². The van der Waals surface area contributed by atoms with Gasteiger partial charge in [-0.25, -0.2) is 4.98 Å². The molecule has 112 valence electrons. The van der Waals surface area contributed by atoms with Crippen molar-refractivity contribution in [3.63, 3.8) is 0 Å². The second-order valence-electron chi connectivity index (χ2n) is 5.76. The van der Waals surface area contributed by atoms with Crippen LogP contribution in [0.25, 0.3) is 5.65 Å². The van der Waals surface area contributed by atoms with Crippen molar-refractivity contribution in [2.75, 3.05) is 0 Å². The van der Waals surface area contributed by atoms with Crippen LogP contribution in [-0.2, 0) is 16.1 Å². The number of aromatic nitrogens is 2. The van der Waals surface area contributed by atoms with Crippen LogP contribution in [0.1, 0.15) is 18.5 Å².